The maximum Gasteiger partial charge on any atom is 0.335 e. The van der Waals surface area contributed by atoms with Gasteiger partial charge < -0.3 is 10.2 Å². The van der Waals surface area contributed by atoms with Gasteiger partial charge in [0.25, 0.3) is 0 Å². The van der Waals surface area contributed by atoms with Crippen molar-refractivity contribution in [1.29, 1.82) is 0 Å². The summed E-state index contributed by atoms with van der Waals surface area (Å²) in [5.41, 5.74) is 5.20. The molecule has 0 radical (unpaired) electrons. The number of allylic oxidation sites excluding steroid dienone is 1. The van der Waals surface area contributed by atoms with Crippen LogP contribution in [-0.4, -0.2) is 43.5 Å². The van der Waals surface area contributed by atoms with Crippen molar-refractivity contribution in [2.24, 2.45) is 40.4 Å². The molecule has 8 nitrogen and oxygen atoms in total. The highest BCUT2D eigenvalue weighted by Crippen LogP contribution is 2.75. The van der Waals surface area contributed by atoms with E-state index >= 15 is 0 Å². The number of rotatable bonds is 0. The van der Waals surface area contributed by atoms with E-state index in [1.807, 2.05) is 6.92 Å². The van der Waals surface area contributed by atoms with Gasteiger partial charge >= 0.3 is 11.8 Å². The molecule has 6 rings (SSSR count). The number of nitrogens with zero attached hydrogens (tertiary/aromatic N) is 2. The average Bonchev–Trinajstić information content (AvgIpc) is 3.07. The molecule has 4 saturated carbocycles. The Balaban J connectivity index is 1.27. The highest BCUT2D eigenvalue weighted by atomic mass is 16.3. The molecule has 1 saturated heterocycles. The molecule has 6 aliphatic rings. The third-order valence-corrected chi connectivity index (χ3v) is 9.47. The summed E-state index contributed by atoms with van der Waals surface area (Å²) >= 11 is 0. The Kier molecular flexibility index (Phi) is 2.94. The number of aliphatic hydroxyl groups is 2. The topological polar surface area (TPSA) is 105 Å². The van der Waals surface area contributed by atoms with Crippen LogP contribution >= 0.6 is 0 Å². The summed E-state index contributed by atoms with van der Waals surface area (Å²) in [5, 5.41) is 24.9. The Morgan fingerprint density at radius 1 is 0.967 bits per heavy atom. The minimum atomic E-state index is -1.49. The second-order valence-electron chi connectivity index (χ2n) is 11.5. The number of hydrogen-bond acceptors (Lipinski definition) is 6. The molecule has 5 fully saturated rings. The number of amides is 2. The van der Waals surface area contributed by atoms with Gasteiger partial charge in [0, 0.05) is 29.8 Å². The smallest absolute Gasteiger partial charge is 0.335 e. The predicted molar refractivity (Wildman–Crippen MR) is 106 cm³/mol. The quantitative estimate of drug-likeness (QED) is 0.438. The second kappa shape index (κ2) is 4.72. The van der Waals surface area contributed by atoms with E-state index in [0.717, 1.165) is 21.3 Å². The van der Waals surface area contributed by atoms with E-state index in [9.17, 15) is 19.8 Å². The Labute approximate surface area is 175 Å². The zero-order valence-electron chi connectivity index (χ0n) is 18.1. The predicted octanol–water partition coefficient (Wildman–Crippen LogP) is 0.813. The van der Waals surface area contributed by atoms with Gasteiger partial charge in [0.15, 0.2) is 11.4 Å². The van der Waals surface area contributed by atoms with Crippen molar-refractivity contribution in [3.63, 3.8) is 0 Å². The molecule has 8 heteroatoms. The number of nitrogens with one attached hydrogen (secondary N) is 2. The Bertz CT molecular complexity index is 986. The van der Waals surface area contributed by atoms with Gasteiger partial charge in [-0.1, -0.05) is 34.3 Å². The lowest BCUT2D eigenvalue weighted by Crippen LogP contribution is -2.62. The lowest BCUT2D eigenvalue weighted by Gasteiger charge is -2.38. The fraction of sp³-hybridized carbons (Fsp3) is 0.727. The van der Waals surface area contributed by atoms with Gasteiger partial charge in [-0.25, -0.2) is 10.0 Å². The summed E-state index contributed by atoms with van der Waals surface area (Å²) in [4.78, 5) is 26.5. The van der Waals surface area contributed by atoms with E-state index in [-0.39, 0.29) is 28.6 Å². The van der Waals surface area contributed by atoms with Crippen LogP contribution in [0.5, 0.6) is 0 Å². The molecule has 7 atom stereocenters. The first-order valence-corrected chi connectivity index (χ1v) is 10.8. The van der Waals surface area contributed by atoms with Crippen LogP contribution in [0, 0.1) is 40.4 Å². The Morgan fingerprint density at radius 2 is 1.60 bits per heavy atom. The van der Waals surface area contributed by atoms with Gasteiger partial charge in [-0.15, -0.1) is 0 Å². The zero-order chi connectivity index (χ0) is 21.8. The molecular weight excluding hydrogens is 384 g/mol. The van der Waals surface area contributed by atoms with Crippen LogP contribution in [0.1, 0.15) is 47.5 Å². The molecule has 0 aromatic heterocycles. The first kappa shape index (κ1) is 18.7. The summed E-state index contributed by atoms with van der Waals surface area (Å²) < 4.78 is 0. The molecule has 0 bridgehead atoms. The van der Waals surface area contributed by atoms with E-state index < -0.39 is 23.3 Å². The third-order valence-electron chi connectivity index (χ3n) is 9.47. The molecule has 30 heavy (non-hydrogen) atoms. The van der Waals surface area contributed by atoms with Crippen molar-refractivity contribution in [2.45, 2.75) is 58.9 Å². The van der Waals surface area contributed by atoms with Crippen molar-refractivity contribution in [1.82, 2.24) is 20.9 Å². The molecule has 2 heterocycles. The van der Waals surface area contributed by atoms with E-state index in [1.54, 1.807) is 0 Å². The number of fused-ring (bicyclic) bond motifs is 6. The number of hydrazine groups is 2. The summed E-state index contributed by atoms with van der Waals surface area (Å²) in [5.74, 6) is -1.00. The van der Waals surface area contributed by atoms with Gasteiger partial charge in [0.2, 0.25) is 0 Å². The van der Waals surface area contributed by atoms with Crippen molar-refractivity contribution >= 4 is 11.8 Å². The van der Waals surface area contributed by atoms with E-state index in [0.29, 0.717) is 30.4 Å². The molecule has 162 valence electrons. The maximum atomic E-state index is 13.3. The van der Waals surface area contributed by atoms with Crippen LogP contribution in [0.2, 0.25) is 0 Å². The number of hydrogen-bond donors (Lipinski definition) is 4. The number of carbonyl (C=O) groups excluding carboxylic acids is 2. The largest absolute Gasteiger partial charge is 0.368 e. The van der Waals surface area contributed by atoms with Gasteiger partial charge in [-0.2, -0.15) is 0 Å². The summed E-state index contributed by atoms with van der Waals surface area (Å²) in [6.45, 7) is 14.5. The summed E-state index contributed by atoms with van der Waals surface area (Å²) in [7, 11) is 0. The minimum absolute atomic E-state index is 0.0991. The SMILES string of the molecule is C=C1NN(C(=O)C(=O)N2NC(C)=C3[C@H]4[C@@H](C[C@]32O)C4(C)C)[C@]2(O)C[C@@H]3[C@H]([C@H]12)C3(C)C. The Morgan fingerprint density at radius 3 is 2.27 bits per heavy atom. The number of carbonyl (C=O) groups is 2. The molecule has 4 aliphatic carbocycles. The molecule has 0 aromatic rings. The monoisotopic (exact) mass is 414 g/mol. The fourth-order valence-corrected chi connectivity index (χ4v) is 7.68. The van der Waals surface area contributed by atoms with Crippen LogP contribution < -0.4 is 10.9 Å². The van der Waals surface area contributed by atoms with Crippen LogP contribution in [-0.2, 0) is 9.59 Å². The lowest BCUT2D eigenvalue weighted by atomic mass is 9.85. The van der Waals surface area contributed by atoms with Gasteiger partial charge in [0.05, 0.1) is 5.92 Å². The van der Waals surface area contributed by atoms with Crippen molar-refractivity contribution < 1.29 is 19.8 Å². The molecular formula is C22H30N4O4. The van der Waals surface area contributed by atoms with E-state index in [2.05, 4.69) is 45.1 Å². The molecule has 4 N–H and O–H groups in total. The fourth-order valence-electron chi connectivity index (χ4n) is 7.68. The lowest BCUT2D eigenvalue weighted by molar-refractivity contribution is -0.184. The van der Waals surface area contributed by atoms with E-state index in [4.69, 9.17) is 0 Å². The molecule has 2 aliphatic heterocycles. The Hall–Kier alpha value is -2.06. The molecule has 0 unspecified atom stereocenters. The third kappa shape index (κ3) is 1.75. The first-order chi connectivity index (χ1) is 13.8. The summed E-state index contributed by atoms with van der Waals surface area (Å²) in [6, 6.07) is 0. The van der Waals surface area contributed by atoms with Crippen molar-refractivity contribution in [3.05, 3.63) is 23.5 Å². The van der Waals surface area contributed by atoms with Crippen molar-refractivity contribution in [2.75, 3.05) is 0 Å². The highest BCUT2D eigenvalue weighted by Gasteiger charge is 2.77. The summed E-state index contributed by atoms with van der Waals surface area (Å²) in [6.07, 6.45) is 0.827. The molecule has 0 aromatic carbocycles. The van der Waals surface area contributed by atoms with Crippen LogP contribution in [0.25, 0.3) is 0 Å². The first-order valence-electron chi connectivity index (χ1n) is 10.8. The van der Waals surface area contributed by atoms with Crippen molar-refractivity contribution in [3.8, 4) is 0 Å². The standard InChI is InChI=1S/C22H30N4O4/c1-9-13-15-11(19(15,3)4)7-21(13,29)25(23-9)17(27)18(28)26-22(30)8-12-16(20(12,5)6)14(22)10(2)24-26/h11-13,15-16,23-24,29-30H,1,7-8H2,2-6H3/t11-,12-,13+,15-,16-,21+,22+/m1/s1. The zero-order valence-corrected chi connectivity index (χ0v) is 18.1. The molecule has 0 spiro atoms. The average molecular weight is 415 g/mol. The minimum Gasteiger partial charge on any atom is -0.368 e. The normalized spacial score (nSPS) is 48.0. The van der Waals surface area contributed by atoms with Gasteiger partial charge in [-0.05, 0) is 41.4 Å². The second-order valence-corrected chi connectivity index (χ2v) is 11.5. The maximum absolute atomic E-state index is 13.3. The van der Waals surface area contributed by atoms with Crippen LogP contribution in [0.4, 0.5) is 0 Å². The van der Waals surface area contributed by atoms with Crippen LogP contribution in [0.3, 0.4) is 0 Å². The van der Waals surface area contributed by atoms with Gasteiger partial charge in [0.1, 0.15) is 0 Å². The highest BCUT2D eigenvalue weighted by molar-refractivity contribution is 6.35. The van der Waals surface area contributed by atoms with Crippen LogP contribution in [0.15, 0.2) is 23.5 Å². The molecule has 2 amide bonds. The van der Waals surface area contributed by atoms with E-state index in [1.165, 1.54) is 0 Å². The van der Waals surface area contributed by atoms with Gasteiger partial charge in [-0.3, -0.25) is 20.4 Å².